The van der Waals surface area contributed by atoms with Crippen LogP contribution in [0, 0.1) is 0 Å². The van der Waals surface area contributed by atoms with Crippen molar-refractivity contribution < 1.29 is 9.15 Å². The van der Waals surface area contributed by atoms with E-state index in [1.165, 1.54) is 18.4 Å². The molecule has 1 aromatic heterocycles. The Morgan fingerprint density at radius 2 is 1.94 bits per heavy atom. The van der Waals surface area contributed by atoms with Gasteiger partial charge in [-0.3, -0.25) is 4.90 Å². The number of hydrogen-bond donors (Lipinski definition) is 2. The highest BCUT2D eigenvalue weighted by Gasteiger charge is 2.26. The summed E-state index contributed by atoms with van der Waals surface area (Å²) in [5.74, 6) is 3.19. The average molecular weight is 556 g/mol. The molecule has 1 aliphatic rings. The lowest BCUT2D eigenvalue weighted by Gasteiger charge is -2.30. The fourth-order valence-electron chi connectivity index (χ4n) is 3.84. The van der Waals surface area contributed by atoms with Crippen molar-refractivity contribution in [2.75, 3.05) is 33.3 Å². The molecule has 1 fully saturated rings. The highest BCUT2D eigenvalue weighted by molar-refractivity contribution is 14.0. The van der Waals surface area contributed by atoms with Gasteiger partial charge in [0.2, 0.25) is 5.89 Å². The summed E-state index contributed by atoms with van der Waals surface area (Å²) in [4.78, 5) is 11.6. The Morgan fingerprint density at radius 1 is 1.22 bits per heavy atom. The lowest BCUT2D eigenvalue weighted by atomic mass is 9.94. The van der Waals surface area contributed by atoms with Crippen LogP contribution in [0.2, 0.25) is 0 Å². The van der Waals surface area contributed by atoms with E-state index in [4.69, 9.17) is 14.1 Å². The van der Waals surface area contributed by atoms with Crippen LogP contribution in [0.3, 0.4) is 0 Å². The van der Waals surface area contributed by atoms with E-state index in [0.29, 0.717) is 12.4 Å². The maximum absolute atomic E-state index is 5.88. The number of hydrogen-bond acceptors (Lipinski definition) is 5. The molecule has 3 rings (SSSR count). The molecule has 2 aromatic rings. The SMILES string of the molecule is CCNC(=NCc1ncc(C(C)(C)C)o1)NCC(c1ccccc1OC)N1CCCC1.I. The second kappa shape index (κ2) is 12.4. The van der Waals surface area contributed by atoms with Crippen LogP contribution in [-0.2, 0) is 12.0 Å². The van der Waals surface area contributed by atoms with E-state index in [1.807, 2.05) is 12.1 Å². The molecule has 8 heteroatoms. The zero-order valence-corrected chi connectivity index (χ0v) is 22.3. The molecule has 1 saturated heterocycles. The van der Waals surface area contributed by atoms with Crippen molar-refractivity contribution in [2.24, 2.45) is 4.99 Å². The molecule has 0 radical (unpaired) electrons. The average Bonchev–Trinajstić information content (AvgIpc) is 3.44. The summed E-state index contributed by atoms with van der Waals surface area (Å²) in [6.07, 6.45) is 4.27. The van der Waals surface area contributed by atoms with Gasteiger partial charge in [-0.25, -0.2) is 9.98 Å². The Balaban J connectivity index is 0.00000363. The Kier molecular flexibility index (Phi) is 10.3. The van der Waals surface area contributed by atoms with Crippen LogP contribution < -0.4 is 15.4 Å². The molecule has 0 spiro atoms. The number of rotatable bonds is 8. The van der Waals surface area contributed by atoms with E-state index in [9.17, 15) is 0 Å². The highest BCUT2D eigenvalue weighted by Crippen LogP contribution is 2.31. The van der Waals surface area contributed by atoms with Crippen molar-refractivity contribution >= 4 is 29.9 Å². The fraction of sp³-hybridized carbons (Fsp3) is 0.583. The number of nitrogens with zero attached hydrogens (tertiary/aromatic N) is 3. The van der Waals surface area contributed by atoms with E-state index in [-0.39, 0.29) is 35.4 Å². The standard InChI is InChI=1S/C24H37N5O2.HI/c1-6-25-23(28-17-22-26-16-21(31-22)24(2,3)4)27-15-19(29-13-9-10-14-29)18-11-7-8-12-20(18)30-5;/h7-8,11-12,16,19H,6,9-10,13-15,17H2,1-5H3,(H2,25,27,28);1H. The Morgan fingerprint density at radius 3 is 2.56 bits per heavy atom. The third-order valence-corrected chi connectivity index (χ3v) is 5.55. The first-order valence-electron chi connectivity index (χ1n) is 11.3. The maximum Gasteiger partial charge on any atom is 0.216 e. The van der Waals surface area contributed by atoms with Gasteiger partial charge >= 0.3 is 0 Å². The molecule has 178 valence electrons. The summed E-state index contributed by atoms with van der Waals surface area (Å²) in [6, 6.07) is 8.51. The van der Waals surface area contributed by atoms with Crippen molar-refractivity contribution in [3.63, 3.8) is 0 Å². The molecular formula is C24H38IN5O2. The molecule has 0 aliphatic carbocycles. The van der Waals surface area contributed by atoms with Crippen LogP contribution in [0.1, 0.15) is 63.8 Å². The number of aliphatic imine (C=N–C) groups is 1. The molecule has 0 bridgehead atoms. The van der Waals surface area contributed by atoms with Crippen LogP contribution in [0.25, 0.3) is 0 Å². The second-order valence-corrected chi connectivity index (χ2v) is 8.95. The summed E-state index contributed by atoms with van der Waals surface area (Å²) in [6.45, 7) is 12.5. The van der Waals surface area contributed by atoms with E-state index in [2.05, 4.69) is 60.3 Å². The molecular weight excluding hydrogens is 517 g/mol. The largest absolute Gasteiger partial charge is 0.496 e. The predicted molar refractivity (Wildman–Crippen MR) is 140 cm³/mol. The van der Waals surface area contributed by atoms with Crippen molar-refractivity contribution in [1.29, 1.82) is 0 Å². The first-order valence-corrected chi connectivity index (χ1v) is 11.3. The normalized spacial score (nSPS) is 15.8. The molecule has 1 aromatic carbocycles. The van der Waals surface area contributed by atoms with Crippen molar-refractivity contribution in [3.8, 4) is 5.75 Å². The minimum atomic E-state index is -0.0601. The summed E-state index contributed by atoms with van der Waals surface area (Å²) in [5, 5.41) is 6.86. The number of ether oxygens (including phenoxy) is 1. The zero-order valence-electron chi connectivity index (χ0n) is 20.0. The smallest absolute Gasteiger partial charge is 0.216 e. The van der Waals surface area contributed by atoms with Gasteiger partial charge in [-0.2, -0.15) is 0 Å². The molecule has 1 aliphatic heterocycles. The van der Waals surface area contributed by atoms with Crippen LogP contribution in [-0.4, -0.2) is 49.1 Å². The van der Waals surface area contributed by atoms with E-state index >= 15 is 0 Å². The van der Waals surface area contributed by atoms with Crippen LogP contribution in [0.15, 0.2) is 39.9 Å². The third kappa shape index (κ3) is 7.10. The zero-order chi connectivity index (χ0) is 22.3. The van der Waals surface area contributed by atoms with Crippen LogP contribution >= 0.6 is 24.0 Å². The van der Waals surface area contributed by atoms with Gasteiger partial charge in [-0.1, -0.05) is 39.0 Å². The number of halogens is 1. The number of para-hydroxylation sites is 1. The van der Waals surface area contributed by atoms with Crippen LogP contribution in [0.4, 0.5) is 0 Å². The van der Waals surface area contributed by atoms with Crippen molar-refractivity contribution in [1.82, 2.24) is 20.5 Å². The lowest BCUT2D eigenvalue weighted by molar-refractivity contribution is 0.239. The molecule has 1 atom stereocenters. The number of likely N-dealkylation sites (tertiary alicyclic amines) is 1. The van der Waals surface area contributed by atoms with Gasteiger partial charge in [0.15, 0.2) is 5.96 Å². The fourth-order valence-corrected chi connectivity index (χ4v) is 3.84. The molecule has 2 N–H and O–H groups in total. The molecule has 1 unspecified atom stereocenters. The lowest BCUT2D eigenvalue weighted by Crippen LogP contribution is -2.42. The molecule has 32 heavy (non-hydrogen) atoms. The maximum atomic E-state index is 5.88. The van der Waals surface area contributed by atoms with Crippen molar-refractivity contribution in [2.45, 2.75) is 58.5 Å². The van der Waals surface area contributed by atoms with Gasteiger partial charge in [-0.15, -0.1) is 24.0 Å². The minimum absolute atomic E-state index is 0. The number of methoxy groups -OCH3 is 1. The Bertz CT molecular complexity index is 856. The Hall–Kier alpha value is -1.81. The molecule has 0 amide bonds. The number of nitrogens with one attached hydrogen (secondary N) is 2. The molecule has 7 nitrogen and oxygen atoms in total. The van der Waals surface area contributed by atoms with Crippen molar-refractivity contribution in [3.05, 3.63) is 47.7 Å². The predicted octanol–water partition coefficient (Wildman–Crippen LogP) is 4.49. The number of guanidine groups is 1. The number of aromatic nitrogens is 1. The number of oxazole rings is 1. The minimum Gasteiger partial charge on any atom is -0.496 e. The van der Waals surface area contributed by atoms with Gasteiger partial charge in [0.05, 0.1) is 19.3 Å². The summed E-state index contributed by atoms with van der Waals surface area (Å²) < 4.78 is 11.5. The Labute approximate surface area is 209 Å². The first kappa shape index (κ1) is 26.4. The van der Waals surface area contributed by atoms with Gasteiger partial charge < -0.3 is 19.8 Å². The quantitative estimate of drug-likeness (QED) is 0.284. The molecule has 2 heterocycles. The van der Waals surface area contributed by atoms with E-state index in [1.54, 1.807) is 13.3 Å². The summed E-state index contributed by atoms with van der Waals surface area (Å²) >= 11 is 0. The van der Waals surface area contributed by atoms with E-state index in [0.717, 1.165) is 43.6 Å². The first-order chi connectivity index (χ1) is 14.9. The topological polar surface area (TPSA) is 74.9 Å². The monoisotopic (exact) mass is 555 g/mol. The highest BCUT2D eigenvalue weighted by atomic mass is 127. The number of benzene rings is 1. The summed E-state index contributed by atoms with van der Waals surface area (Å²) in [7, 11) is 1.74. The van der Waals surface area contributed by atoms with Gasteiger partial charge in [0, 0.05) is 24.1 Å². The second-order valence-electron chi connectivity index (χ2n) is 8.95. The van der Waals surface area contributed by atoms with Gasteiger partial charge in [0.1, 0.15) is 18.1 Å². The third-order valence-electron chi connectivity index (χ3n) is 5.55. The molecule has 0 saturated carbocycles. The van der Waals surface area contributed by atoms with Gasteiger partial charge in [0.25, 0.3) is 0 Å². The van der Waals surface area contributed by atoms with E-state index < -0.39 is 0 Å². The van der Waals surface area contributed by atoms with Gasteiger partial charge in [-0.05, 0) is 38.9 Å². The van der Waals surface area contributed by atoms with Crippen LogP contribution in [0.5, 0.6) is 5.75 Å². The summed E-state index contributed by atoms with van der Waals surface area (Å²) in [5.41, 5.74) is 1.15.